The third-order valence-electron chi connectivity index (χ3n) is 4.62. The van der Waals surface area contributed by atoms with Crippen LogP contribution >= 0.6 is 11.3 Å². The normalized spacial score (nSPS) is 17.5. The highest BCUT2D eigenvalue weighted by molar-refractivity contribution is 7.17. The van der Waals surface area contributed by atoms with Crippen LogP contribution in [0.2, 0.25) is 0 Å². The van der Waals surface area contributed by atoms with Crippen LogP contribution in [0.4, 0.5) is 0 Å². The molecule has 0 aromatic carbocycles. The van der Waals surface area contributed by atoms with Crippen LogP contribution in [0, 0.1) is 6.92 Å². The lowest BCUT2D eigenvalue weighted by Crippen LogP contribution is -2.38. The van der Waals surface area contributed by atoms with E-state index in [-0.39, 0.29) is 11.9 Å². The van der Waals surface area contributed by atoms with E-state index in [9.17, 15) is 4.79 Å². The topological polar surface area (TPSA) is 76.8 Å². The lowest BCUT2D eigenvalue weighted by atomic mass is 9.97. The molecule has 1 saturated heterocycles. The van der Waals surface area contributed by atoms with E-state index < -0.39 is 0 Å². The van der Waals surface area contributed by atoms with E-state index in [0.717, 1.165) is 37.1 Å². The molecule has 0 saturated carbocycles. The Kier molecular flexibility index (Phi) is 4.50. The van der Waals surface area contributed by atoms with Gasteiger partial charge >= 0.3 is 0 Å². The zero-order valence-electron chi connectivity index (χ0n) is 14.8. The van der Waals surface area contributed by atoms with Gasteiger partial charge in [0, 0.05) is 37.7 Å². The summed E-state index contributed by atoms with van der Waals surface area (Å²) in [5.41, 5.74) is 1.83. The maximum atomic E-state index is 13.3. The van der Waals surface area contributed by atoms with Crippen LogP contribution in [-0.2, 0) is 7.05 Å². The molecule has 1 aliphatic heterocycles. The van der Waals surface area contributed by atoms with Gasteiger partial charge in [-0.1, -0.05) is 0 Å². The highest BCUT2D eigenvalue weighted by atomic mass is 32.1. The molecule has 8 heteroatoms. The molecule has 1 unspecified atom stereocenters. The minimum atomic E-state index is 0.0377. The zero-order valence-corrected chi connectivity index (χ0v) is 15.6. The Morgan fingerprint density at radius 1 is 1.27 bits per heavy atom. The Labute approximate surface area is 155 Å². The average molecular weight is 368 g/mol. The molecule has 3 aromatic rings. The summed E-state index contributed by atoms with van der Waals surface area (Å²) in [5.74, 6) is 0.595. The highest BCUT2D eigenvalue weighted by Crippen LogP contribution is 2.34. The molecular weight excluding hydrogens is 348 g/mol. The number of likely N-dealkylation sites (tertiary alicyclic amines) is 1. The number of nitrogens with zero attached hydrogens (tertiary/aromatic N) is 6. The Balaban J connectivity index is 1.65. The summed E-state index contributed by atoms with van der Waals surface area (Å²) < 4.78 is 1.79. The zero-order chi connectivity index (χ0) is 18.1. The van der Waals surface area contributed by atoms with Crippen LogP contribution in [0.5, 0.6) is 0 Å². The van der Waals surface area contributed by atoms with Crippen molar-refractivity contribution >= 4 is 17.2 Å². The molecule has 0 spiro atoms. The van der Waals surface area contributed by atoms with Gasteiger partial charge in [-0.3, -0.25) is 9.48 Å². The first-order valence-corrected chi connectivity index (χ1v) is 9.49. The molecule has 3 aromatic heterocycles. The average Bonchev–Trinajstić information content (AvgIpc) is 3.28. The van der Waals surface area contributed by atoms with Crippen molar-refractivity contribution in [2.75, 3.05) is 6.54 Å². The minimum Gasteiger partial charge on any atom is -0.331 e. The van der Waals surface area contributed by atoms with Crippen LogP contribution in [0.25, 0.3) is 10.8 Å². The molecule has 0 aliphatic carbocycles. The number of amides is 1. The fraction of sp³-hybridized carbons (Fsp3) is 0.389. The van der Waals surface area contributed by atoms with Crippen LogP contribution in [0.15, 0.2) is 30.9 Å². The Hall–Kier alpha value is -2.61. The summed E-state index contributed by atoms with van der Waals surface area (Å²) in [6.07, 6.45) is 10.3. The number of carbonyl (C=O) groups is 1. The molecule has 1 amide bonds. The maximum Gasteiger partial charge on any atom is 0.266 e. The lowest BCUT2D eigenvalue weighted by molar-refractivity contribution is 0.0615. The molecule has 26 heavy (non-hydrogen) atoms. The number of aryl methyl sites for hydroxylation is 2. The Morgan fingerprint density at radius 3 is 2.81 bits per heavy atom. The van der Waals surface area contributed by atoms with Crippen molar-refractivity contribution in [1.29, 1.82) is 0 Å². The molecule has 0 N–H and O–H groups in total. The van der Waals surface area contributed by atoms with Crippen molar-refractivity contribution in [2.24, 2.45) is 7.05 Å². The van der Waals surface area contributed by atoms with Crippen molar-refractivity contribution < 1.29 is 4.79 Å². The third kappa shape index (κ3) is 3.12. The molecule has 1 atom stereocenters. The molecule has 7 nitrogen and oxygen atoms in total. The van der Waals surface area contributed by atoms with Gasteiger partial charge in [0.15, 0.2) is 10.8 Å². The summed E-state index contributed by atoms with van der Waals surface area (Å²) >= 11 is 1.37. The second-order valence-corrected chi connectivity index (χ2v) is 7.46. The summed E-state index contributed by atoms with van der Waals surface area (Å²) in [7, 11) is 1.90. The number of rotatable bonds is 3. The molecule has 1 aliphatic rings. The largest absolute Gasteiger partial charge is 0.331 e. The first kappa shape index (κ1) is 16.8. The van der Waals surface area contributed by atoms with Crippen LogP contribution in [-0.4, -0.2) is 42.1 Å². The van der Waals surface area contributed by atoms with Crippen molar-refractivity contribution in [3.8, 4) is 10.8 Å². The van der Waals surface area contributed by atoms with Crippen LogP contribution in [0.1, 0.15) is 46.2 Å². The van der Waals surface area contributed by atoms with Crippen LogP contribution in [0.3, 0.4) is 0 Å². The predicted molar refractivity (Wildman–Crippen MR) is 98.7 cm³/mol. The van der Waals surface area contributed by atoms with Crippen molar-refractivity contribution in [3.63, 3.8) is 0 Å². The van der Waals surface area contributed by atoms with E-state index in [4.69, 9.17) is 0 Å². The first-order valence-electron chi connectivity index (χ1n) is 8.68. The molecule has 1 fully saturated rings. The standard InChI is InChI=1S/C18H20N6OS/c1-12-15(26-17(22-12)16-19-7-5-8-20-16)18(25)24-9-4-3-6-14(24)13-10-21-23(2)11-13/h5,7-8,10-11,14H,3-4,6,9H2,1-2H3. The monoisotopic (exact) mass is 368 g/mol. The van der Waals surface area contributed by atoms with E-state index in [1.54, 1.807) is 23.1 Å². The molecule has 0 bridgehead atoms. The first-order chi connectivity index (χ1) is 12.6. The van der Waals surface area contributed by atoms with Crippen molar-refractivity contribution in [3.05, 3.63) is 47.0 Å². The molecule has 134 valence electrons. The number of thiazole rings is 1. The van der Waals surface area contributed by atoms with Gasteiger partial charge in [0.05, 0.1) is 17.9 Å². The number of hydrogen-bond donors (Lipinski definition) is 0. The van der Waals surface area contributed by atoms with Gasteiger partial charge in [0.2, 0.25) is 0 Å². The van der Waals surface area contributed by atoms with Gasteiger partial charge in [-0.25, -0.2) is 15.0 Å². The van der Waals surface area contributed by atoms with Crippen molar-refractivity contribution in [1.82, 2.24) is 29.6 Å². The Bertz CT molecular complexity index is 919. The second-order valence-electron chi connectivity index (χ2n) is 6.46. The van der Waals surface area contributed by atoms with Gasteiger partial charge in [0.25, 0.3) is 5.91 Å². The lowest BCUT2D eigenvalue weighted by Gasteiger charge is -2.35. The van der Waals surface area contributed by atoms with E-state index in [1.165, 1.54) is 11.3 Å². The second kappa shape index (κ2) is 6.95. The van der Waals surface area contributed by atoms with Crippen molar-refractivity contribution in [2.45, 2.75) is 32.2 Å². The third-order valence-corrected chi connectivity index (χ3v) is 5.76. The van der Waals surface area contributed by atoms with Gasteiger partial charge < -0.3 is 4.90 Å². The number of piperidine rings is 1. The maximum absolute atomic E-state index is 13.3. The van der Waals surface area contributed by atoms with Gasteiger partial charge in [-0.15, -0.1) is 11.3 Å². The molecular formula is C18H20N6OS. The van der Waals surface area contributed by atoms with Gasteiger partial charge in [0.1, 0.15) is 4.88 Å². The van der Waals surface area contributed by atoms with E-state index in [2.05, 4.69) is 20.1 Å². The van der Waals surface area contributed by atoms with Gasteiger partial charge in [-0.05, 0) is 32.3 Å². The summed E-state index contributed by atoms with van der Waals surface area (Å²) in [6, 6.07) is 1.84. The number of hydrogen-bond acceptors (Lipinski definition) is 6. The summed E-state index contributed by atoms with van der Waals surface area (Å²) in [6.45, 7) is 2.63. The fourth-order valence-corrected chi connectivity index (χ4v) is 4.33. The van der Waals surface area contributed by atoms with E-state index in [0.29, 0.717) is 15.7 Å². The van der Waals surface area contributed by atoms with Gasteiger partial charge in [-0.2, -0.15) is 5.10 Å². The quantitative estimate of drug-likeness (QED) is 0.710. The number of carbonyl (C=O) groups excluding carboxylic acids is 1. The van der Waals surface area contributed by atoms with E-state index >= 15 is 0 Å². The Morgan fingerprint density at radius 2 is 2.08 bits per heavy atom. The minimum absolute atomic E-state index is 0.0377. The molecule has 0 radical (unpaired) electrons. The van der Waals surface area contributed by atoms with E-state index in [1.807, 2.05) is 31.3 Å². The fourth-order valence-electron chi connectivity index (χ4n) is 3.36. The molecule has 4 rings (SSSR count). The highest BCUT2D eigenvalue weighted by Gasteiger charge is 2.31. The van der Waals surface area contributed by atoms with Crippen LogP contribution < -0.4 is 0 Å². The number of aromatic nitrogens is 5. The predicted octanol–water partition coefficient (Wildman–Crippen LogP) is 3.01. The SMILES string of the molecule is Cc1nc(-c2ncccn2)sc1C(=O)N1CCCCC1c1cnn(C)c1. The summed E-state index contributed by atoms with van der Waals surface area (Å²) in [5, 5.41) is 4.95. The smallest absolute Gasteiger partial charge is 0.266 e. The molecule has 4 heterocycles. The summed E-state index contributed by atoms with van der Waals surface area (Å²) in [4.78, 5) is 28.9.